The molecule has 172 valence electrons. The molecule has 34 heavy (non-hydrogen) atoms. The summed E-state index contributed by atoms with van der Waals surface area (Å²) in [6, 6.07) is 11.9. The number of aromatic nitrogens is 5. The summed E-state index contributed by atoms with van der Waals surface area (Å²) < 4.78 is 7.15. The van der Waals surface area contributed by atoms with E-state index < -0.39 is 0 Å². The molecule has 4 heterocycles. The van der Waals surface area contributed by atoms with Gasteiger partial charge in [0, 0.05) is 36.1 Å². The highest BCUT2D eigenvalue weighted by Gasteiger charge is 2.30. The second-order valence-corrected chi connectivity index (χ2v) is 8.70. The number of aryl methyl sites for hydroxylation is 1. The van der Waals surface area contributed by atoms with Crippen LogP contribution in [0.1, 0.15) is 36.6 Å². The van der Waals surface area contributed by atoms with Crippen molar-refractivity contribution < 1.29 is 9.53 Å². The zero-order valence-corrected chi connectivity index (χ0v) is 19.7. The molecule has 1 amide bonds. The van der Waals surface area contributed by atoms with Crippen molar-refractivity contribution in [1.29, 1.82) is 0 Å². The number of imidazole rings is 1. The van der Waals surface area contributed by atoms with Crippen LogP contribution in [0.4, 0.5) is 5.82 Å². The van der Waals surface area contributed by atoms with Gasteiger partial charge >= 0.3 is 0 Å². The largest absolute Gasteiger partial charge is 0.480 e. The maximum atomic E-state index is 12.8. The van der Waals surface area contributed by atoms with Gasteiger partial charge in [-0.15, -0.1) is 0 Å². The molecule has 0 saturated heterocycles. The van der Waals surface area contributed by atoms with Gasteiger partial charge in [-0.1, -0.05) is 38.1 Å². The van der Waals surface area contributed by atoms with Crippen LogP contribution in [0.15, 0.2) is 55.0 Å². The lowest BCUT2D eigenvalue weighted by molar-refractivity contribution is -0.117. The Balaban J connectivity index is 1.43. The Hall–Kier alpha value is -4.07. The topological polar surface area (TPSA) is 86.0 Å². The fraction of sp³-hybridized carbons (Fsp3) is 0.269. The maximum Gasteiger partial charge on any atom is 0.233 e. The van der Waals surface area contributed by atoms with Crippen LogP contribution >= 0.6 is 0 Å². The molecule has 1 aliphatic heterocycles. The van der Waals surface area contributed by atoms with E-state index in [1.54, 1.807) is 24.4 Å². The smallest absolute Gasteiger partial charge is 0.233 e. The highest BCUT2D eigenvalue weighted by molar-refractivity contribution is 6.00. The predicted molar refractivity (Wildman–Crippen MR) is 129 cm³/mol. The second kappa shape index (κ2) is 8.70. The highest BCUT2D eigenvalue weighted by Crippen LogP contribution is 2.32. The lowest BCUT2D eigenvalue weighted by Gasteiger charge is -2.18. The molecule has 4 aromatic rings. The molecule has 0 fully saturated rings. The van der Waals surface area contributed by atoms with Crippen molar-refractivity contribution in [3.63, 3.8) is 0 Å². The van der Waals surface area contributed by atoms with Crippen molar-refractivity contribution >= 4 is 11.7 Å². The summed E-state index contributed by atoms with van der Waals surface area (Å²) in [5.74, 6) is 2.92. The molecule has 1 aliphatic rings. The summed E-state index contributed by atoms with van der Waals surface area (Å²) in [4.78, 5) is 33.0. The Bertz CT molecular complexity index is 1360. The van der Waals surface area contributed by atoms with E-state index in [0.717, 1.165) is 33.8 Å². The number of ether oxygens (including phenoxy) is 1. The van der Waals surface area contributed by atoms with E-state index in [0.29, 0.717) is 30.5 Å². The number of rotatable bonds is 6. The first kappa shape index (κ1) is 21.8. The van der Waals surface area contributed by atoms with E-state index in [9.17, 15) is 4.79 Å². The van der Waals surface area contributed by atoms with Gasteiger partial charge in [-0.25, -0.2) is 9.97 Å². The molecular weight excluding hydrogens is 428 g/mol. The first-order chi connectivity index (χ1) is 16.4. The maximum absolute atomic E-state index is 12.8. The quantitative estimate of drug-likeness (QED) is 0.435. The van der Waals surface area contributed by atoms with Crippen LogP contribution in [0, 0.1) is 0 Å². The molecule has 0 unspecified atom stereocenters. The third-order valence-electron chi connectivity index (χ3n) is 5.98. The Morgan fingerprint density at radius 2 is 1.88 bits per heavy atom. The van der Waals surface area contributed by atoms with Gasteiger partial charge in [0.2, 0.25) is 11.8 Å². The fourth-order valence-electron chi connectivity index (χ4n) is 4.24. The molecule has 5 rings (SSSR count). The van der Waals surface area contributed by atoms with Crippen molar-refractivity contribution in [3.8, 4) is 28.7 Å². The van der Waals surface area contributed by atoms with E-state index >= 15 is 0 Å². The summed E-state index contributed by atoms with van der Waals surface area (Å²) in [6.45, 7) is 4.63. The van der Waals surface area contributed by atoms with Crippen molar-refractivity contribution in [2.75, 3.05) is 12.0 Å². The SMILES string of the molecule is COc1cn(C)c(-c2ccc(CN3C(=O)Cc4cnc(-c5cccnc5C(C)C)nc43)cc2)n1. The monoisotopic (exact) mass is 454 g/mol. The summed E-state index contributed by atoms with van der Waals surface area (Å²) in [5, 5.41) is 0. The molecule has 0 radical (unpaired) electrons. The molecule has 0 spiro atoms. The molecule has 0 bridgehead atoms. The molecular formula is C26H26N6O2. The van der Waals surface area contributed by atoms with Crippen molar-refractivity contribution in [2.24, 2.45) is 7.05 Å². The van der Waals surface area contributed by atoms with Gasteiger partial charge in [-0.3, -0.25) is 14.7 Å². The second-order valence-electron chi connectivity index (χ2n) is 8.70. The number of amides is 1. The number of fused-ring (bicyclic) bond motifs is 1. The van der Waals surface area contributed by atoms with Crippen LogP contribution in [0.3, 0.4) is 0 Å². The predicted octanol–water partition coefficient (Wildman–Crippen LogP) is 4.16. The van der Waals surface area contributed by atoms with E-state index in [4.69, 9.17) is 9.72 Å². The van der Waals surface area contributed by atoms with E-state index in [-0.39, 0.29) is 11.8 Å². The summed E-state index contributed by atoms with van der Waals surface area (Å²) in [5.41, 5.74) is 4.68. The number of anilines is 1. The van der Waals surface area contributed by atoms with Gasteiger partial charge < -0.3 is 9.30 Å². The Morgan fingerprint density at radius 1 is 1.09 bits per heavy atom. The third-order valence-corrected chi connectivity index (χ3v) is 5.98. The average Bonchev–Trinajstić information content (AvgIpc) is 3.38. The Morgan fingerprint density at radius 3 is 2.59 bits per heavy atom. The minimum absolute atomic E-state index is 0.0228. The van der Waals surface area contributed by atoms with Crippen LogP contribution in [-0.2, 0) is 24.8 Å². The van der Waals surface area contributed by atoms with Gasteiger partial charge in [0.1, 0.15) is 11.6 Å². The van der Waals surface area contributed by atoms with E-state index in [1.807, 2.05) is 54.2 Å². The molecule has 3 aromatic heterocycles. The van der Waals surface area contributed by atoms with Gasteiger partial charge in [-0.05, 0) is 23.6 Å². The molecule has 8 nitrogen and oxygen atoms in total. The minimum Gasteiger partial charge on any atom is -0.480 e. The number of carbonyl (C=O) groups excluding carboxylic acids is 1. The van der Waals surface area contributed by atoms with Crippen LogP contribution in [0.2, 0.25) is 0 Å². The number of benzene rings is 1. The zero-order valence-electron chi connectivity index (χ0n) is 19.7. The normalized spacial score (nSPS) is 13.0. The van der Waals surface area contributed by atoms with E-state index in [1.165, 1.54) is 0 Å². The Kier molecular flexibility index (Phi) is 5.57. The number of hydrogen-bond acceptors (Lipinski definition) is 6. The number of carbonyl (C=O) groups is 1. The molecule has 0 N–H and O–H groups in total. The first-order valence-corrected chi connectivity index (χ1v) is 11.2. The fourth-order valence-corrected chi connectivity index (χ4v) is 4.24. The number of methoxy groups -OCH3 is 1. The van der Waals surface area contributed by atoms with Gasteiger partial charge in [0.25, 0.3) is 0 Å². The highest BCUT2D eigenvalue weighted by atomic mass is 16.5. The first-order valence-electron chi connectivity index (χ1n) is 11.2. The van der Waals surface area contributed by atoms with Crippen LogP contribution in [0.5, 0.6) is 5.88 Å². The average molecular weight is 455 g/mol. The molecule has 0 saturated carbocycles. The van der Waals surface area contributed by atoms with Crippen LogP contribution < -0.4 is 9.64 Å². The van der Waals surface area contributed by atoms with Gasteiger partial charge in [-0.2, -0.15) is 4.98 Å². The molecule has 1 aromatic carbocycles. The van der Waals surface area contributed by atoms with Crippen LogP contribution in [0.25, 0.3) is 22.8 Å². The lowest BCUT2D eigenvalue weighted by Crippen LogP contribution is -2.26. The van der Waals surface area contributed by atoms with Crippen molar-refractivity contribution in [1.82, 2.24) is 24.5 Å². The molecule has 8 heteroatoms. The van der Waals surface area contributed by atoms with Crippen molar-refractivity contribution in [2.45, 2.75) is 32.7 Å². The zero-order chi connectivity index (χ0) is 23.8. The molecule has 0 aliphatic carbocycles. The Labute approximate surface area is 198 Å². The van der Waals surface area contributed by atoms with Gasteiger partial charge in [0.05, 0.1) is 32.0 Å². The molecule has 0 atom stereocenters. The van der Waals surface area contributed by atoms with E-state index in [2.05, 4.69) is 28.8 Å². The number of hydrogen-bond donors (Lipinski definition) is 0. The standard InChI is InChI=1S/C26H26N6O2/c1-16(2)23-20(6-5-11-27-23)24-28-13-19-12-22(33)32(26(19)30-24)14-17-7-9-18(10-8-17)25-29-21(34-4)15-31(25)3/h5-11,13,15-16H,12,14H2,1-4H3. The minimum atomic E-state index is 0.0228. The summed E-state index contributed by atoms with van der Waals surface area (Å²) >= 11 is 0. The van der Waals surface area contributed by atoms with Crippen LogP contribution in [-0.4, -0.2) is 37.5 Å². The lowest BCUT2D eigenvalue weighted by atomic mass is 10.0. The van der Waals surface area contributed by atoms with Crippen molar-refractivity contribution in [3.05, 3.63) is 71.8 Å². The number of nitrogens with zero attached hydrogens (tertiary/aromatic N) is 6. The summed E-state index contributed by atoms with van der Waals surface area (Å²) in [6.07, 6.45) is 5.70. The summed E-state index contributed by atoms with van der Waals surface area (Å²) in [7, 11) is 3.54. The van der Waals surface area contributed by atoms with Gasteiger partial charge in [0.15, 0.2) is 5.82 Å². The number of pyridine rings is 1. The third kappa shape index (κ3) is 3.91.